The number of rotatable bonds is 8. The summed E-state index contributed by atoms with van der Waals surface area (Å²) in [6.45, 7) is 6.45. The minimum atomic E-state index is -3.68. The van der Waals surface area contributed by atoms with Crippen LogP contribution in [0.4, 0.5) is 5.69 Å². The van der Waals surface area contributed by atoms with Crippen LogP contribution in [0.1, 0.15) is 46.5 Å². The molecule has 3 aromatic carbocycles. The Bertz CT molecular complexity index is 1170. The number of hydrogen-bond acceptors (Lipinski definition) is 3. The van der Waals surface area contributed by atoms with Crippen molar-refractivity contribution in [1.82, 2.24) is 5.32 Å². The Hall–Kier alpha value is -3.12. The molecule has 0 aliphatic carbocycles. The summed E-state index contributed by atoms with van der Waals surface area (Å²) in [7, 11) is -3.68. The van der Waals surface area contributed by atoms with Crippen LogP contribution in [0.2, 0.25) is 0 Å². The van der Waals surface area contributed by atoms with Crippen LogP contribution in [0.25, 0.3) is 0 Å². The van der Waals surface area contributed by atoms with Crippen LogP contribution >= 0.6 is 0 Å². The number of anilines is 1. The van der Waals surface area contributed by atoms with E-state index in [0.29, 0.717) is 23.4 Å². The van der Waals surface area contributed by atoms with Gasteiger partial charge in [-0.1, -0.05) is 50.2 Å². The minimum Gasteiger partial charge on any atom is -0.348 e. The fourth-order valence-corrected chi connectivity index (χ4v) is 4.56. The van der Waals surface area contributed by atoms with Gasteiger partial charge in [0.15, 0.2) is 0 Å². The lowest BCUT2D eigenvalue weighted by molar-refractivity contribution is 0.0950. The van der Waals surface area contributed by atoms with Crippen molar-refractivity contribution in [3.05, 3.63) is 94.5 Å². The Balaban J connectivity index is 1.72. The first-order valence-electron chi connectivity index (χ1n) is 10.4. The molecule has 3 rings (SSSR count). The zero-order valence-corrected chi connectivity index (χ0v) is 18.9. The highest BCUT2D eigenvalue weighted by atomic mass is 32.2. The van der Waals surface area contributed by atoms with E-state index in [4.69, 9.17) is 0 Å². The van der Waals surface area contributed by atoms with Crippen molar-refractivity contribution in [1.29, 1.82) is 0 Å². The lowest BCUT2D eigenvalue weighted by atomic mass is 10.0. The molecule has 1 amide bonds. The van der Waals surface area contributed by atoms with Gasteiger partial charge >= 0.3 is 0 Å². The molecule has 5 nitrogen and oxygen atoms in total. The molecule has 3 aromatic rings. The van der Waals surface area contributed by atoms with Crippen molar-refractivity contribution in [2.75, 3.05) is 4.72 Å². The zero-order chi connectivity index (χ0) is 22.4. The van der Waals surface area contributed by atoms with Gasteiger partial charge in [-0.2, -0.15) is 0 Å². The van der Waals surface area contributed by atoms with E-state index >= 15 is 0 Å². The van der Waals surface area contributed by atoms with E-state index in [1.807, 2.05) is 0 Å². The second-order valence-corrected chi connectivity index (χ2v) is 9.12. The van der Waals surface area contributed by atoms with Gasteiger partial charge in [0.1, 0.15) is 0 Å². The topological polar surface area (TPSA) is 75.3 Å². The molecule has 0 aromatic heterocycles. The molecule has 0 saturated heterocycles. The van der Waals surface area contributed by atoms with E-state index in [2.05, 4.69) is 42.1 Å². The quantitative estimate of drug-likeness (QED) is 0.530. The third-order valence-electron chi connectivity index (χ3n) is 5.29. The summed E-state index contributed by atoms with van der Waals surface area (Å²) >= 11 is 0. The molecule has 0 bridgehead atoms. The number of carbonyl (C=O) groups is 1. The Morgan fingerprint density at radius 1 is 0.871 bits per heavy atom. The van der Waals surface area contributed by atoms with Crippen LogP contribution < -0.4 is 10.0 Å². The van der Waals surface area contributed by atoms with Crippen LogP contribution in [0.3, 0.4) is 0 Å². The van der Waals surface area contributed by atoms with Crippen molar-refractivity contribution in [2.45, 2.75) is 45.1 Å². The molecule has 6 heteroatoms. The van der Waals surface area contributed by atoms with Crippen LogP contribution in [0.15, 0.2) is 71.6 Å². The van der Waals surface area contributed by atoms with Gasteiger partial charge in [0.25, 0.3) is 15.9 Å². The molecular weight excluding hydrogens is 408 g/mol. The van der Waals surface area contributed by atoms with Crippen molar-refractivity contribution in [2.24, 2.45) is 0 Å². The molecule has 0 heterocycles. The normalized spacial score (nSPS) is 11.2. The smallest absolute Gasteiger partial charge is 0.261 e. The Kier molecular flexibility index (Phi) is 7.13. The summed E-state index contributed by atoms with van der Waals surface area (Å²) in [6, 6.07) is 19.5. The first-order valence-corrected chi connectivity index (χ1v) is 11.9. The van der Waals surface area contributed by atoms with E-state index in [0.717, 1.165) is 18.4 Å². The van der Waals surface area contributed by atoms with Crippen molar-refractivity contribution in [3.8, 4) is 0 Å². The average Bonchev–Trinajstić information content (AvgIpc) is 2.79. The third-order valence-corrected chi connectivity index (χ3v) is 6.67. The fraction of sp³-hybridized carbons (Fsp3) is 0.240. The number of nitrogens with one attached hydrogen (secondary N) is 2. The summed E-state index contributed by atoms with van der Waals surface area (Å²) in [5.74, 6) is -0.190. The molecule has 0 atom stereocenters. The van der Waals surface area contributed by atoms with E-state index in [1.54, 1.807) is 43.3 Å². The van der Waals surface area contributed by atoms with Gasteiger partial charge in [0.2, 0.25) is 0 Å². The first kappa shape index (κ1) is 22.6. The van der Waals surface area contributed by atoms with E-state index in [9.17, 15) is 13.2 Å². The Morgan fingerprint density at radius 3 is 2.26 bits per heavy atom. The van der Waals surface area contributed by atoms with Gasteiger partial charge in [-0.05, 0) is 72.4 Å². The molecule has 0 aliphatic rings. The lowest BCUT2D eigenvalue weighted by Gasteiger charge is -2.13. The van der Waals surface area contributed by atoms with Crippen molar-refractivity contribution < 1.29 is 13.2 Å². The second-order valence-electron chi connectivity index (χ2n) is 7.44. The molecule has 162 valence electrons. The summed E-state index contributed by atoms with van der Waals surface area (Å²) in [5, 5.41) is 2.98. The number of hydrogen-bond donors (Lipinski definition) is 2. The summed E-state index contributed by atoms with van der Waals surface area (Å²) < 4.78 is 27.7. The third kappa shape index (κ3) is 5.52. The van der Waals surface area contributed by atoms with Gasteiger partial charge in [-0.3, -0.25) is 9.52 Å². The summed E-state index contributed by atoms with van der Waals surface area (Å²) in [4.78, 5) is 12.9. The van der Waals surface area contributed by atoms with E-state index in [1.165, 1.54) is 23.3 Å². The van der Waals surface area contributed by atoms with E-state index < -0.39 is 10.0 Å². The molecule has 0 spiro atoms. The van der Waals surface area contributed by atoms with Gasteiger partial charge in [0.05, 0.1) is 10.6 Å². The molecule has 0 saturated carbocycles. The number of amides is 1. The fourth-order valence-electron chi connectivity index (χ4n) is 3.41. The van der Waals surface area contributed by atoms with Gasteiger partial charge in [-0.25, -0.2) is 8.42 Å². The highest BCUT2D eigenvalue weighted by Gasteiger charge is 2.16. The standard InChI is InChI=1S/C25H28N2O3S/c1-4-19-11-12-20(5-2)22(16-19)17-26-25(28)21-13-14-24(18(3)15-21)27-31(29,30)23-9-7-6-8-10-23/h6-16,27H,4-5,17H2,1-3H3,(H,26,28). The van der Waals surface area contributed by atoms with Crippen molar-refractivity contribution in [3.63, 3.8) is 0 Å². The number of sulfonamides is 1. The summed E-state index contributed by atoms with van der Waals surface area (Å²) in [6.07, 6.45) is 1.86. The maximum atomic E-state index is 12.7. The van der Waals surface area contributed by atoms with Crippen molar-refractivity contribution >= 4 is 21.6 Å². The van der Waals surface area contributed by atoms with Crippen LogP contribution in [0, 0.1) is 6.92 Å². The largest absolute Gasteiger partial charge is 0.348 e. The predicted octanol–water partition coefficient (Wildman–Crippen LogP) is 4.85. The number of benzene rings is 3. The molecule has 0 unspecified atom stereocenters. The Labute approximate surface area is 184 Å². The summed E-state index contributed by atoms with van der Waals surface area (Å²) in [5.41, 5.74) is 5.20. The number of carbonyl (C=O) groups excluding carboxylic acids is 1. The molecular formula is C25H28N2O3S. The maximum Gasteiger partial charge on any atom is 0.261 e. The average molecular weight is 437 g/mol. The molecule has 31 heavy (non-hydrogen) atoms. The minimum absolute atomic E-state index is 0.190. The predicted molar refractivity (Wildman–Crippen MR) is 125 cm³/mol. The molecule has 2 N–H and O–H groups in total. The van der Waals surface area contributed by atoms with Crippen LogP contribution in [0.5, 0.6) is 0 Å². The highest BCUT2D eigenvalue weighted by Crippen LogP contribution is 2.21. The van der Waals surface area contributed by atoms with Crippen LogP contribution in [-0.4, -0.2) is 14.3 Å². The van der Waals surface area contributed by atoms with Gasteiger partial charge < -0.3 is 5.32 Å². The van der Waals surface area contributed by atoms with Gasteiger partial charge in [-0.15, -0.1) is 0 Å². The molecule has 0 radical (unpaired) electrons. The molecule has 0 aliphatic heterocycles. The first-order chi connectivity index (χ1) is 14.8. The second kappa shape index (κ2) is 9.79. The maximum absolute atomic E-state index is 12.7. The number of aryl methyl sites for hydroxylation is 3. The lowest BCUT2D eigenvalue weighted by Crippen LogP contribution is -2.23. The monoisotopic (exact) mass is 436 g/mol. The van der Waals surface area contributed by atoms with Gasteiger partial charge in [0, 0.05) is 12.1 Å². The zero-order valence-electron chi connectivity index (χ0n) is 18.1. The highest BCUT2D eigenvalue weighted by molar-refractivity contribution is 7.92. The van der Waals surface area contributed by atoms with E-state index in [-0.39, 0.29) is 10.8 Å². The Morgan fingerprint density at radius 2 is 1.61 bits per heavy atom. The SMILES string of the molecule is CCc1ccc(CC)c(CNC(=O)c2ccc(NS(=O)(=O)c3ccccc3)c(C)c2)c1. The molecule has 0 fully saturated rings. The van der Waals surface area contributed by atoms with Crippen LogP contribution in [-0.2, 0) is 29.4 Å².